The first-order chi connectivity index (χ1) is 4.81. The summed E-state index contributed by atoms with van der Waals surface area (Å²) in [6.45, 7) is 4.63. The van der Waals surface area contributed by atoms with Crippen LogP contribution in [0.4, 0.5) is 0 Å². The van der Waals surface area contributed by atoms with Crippen molar-refractivity contribution < 1.29 is 9.53 Å². The normalized spacial score (nSPS) is 8.55. The van der Waals surface area contributed by atoms with Crippen LogP contribution in [0.3, 0.4) is 0 Å². The average Bonchev–Trinajstić information content (AvgIpc) is 1.97. The predicted octanol–water partition coefficient (Wildman–Crippen LogP) is 2.55. The lowest BCUT2D eigenvalue weighted by atomic mass is 10.2. The molecule has 0 aliphatic carbocycles. The summed E-state index contributed by atoms with van der Waals surface area (Å²) in [7, 11) is 0. The molecule has 0 fully saturated rings. The van der Waals surface area contributed by atoms with E-state index in [2.05, 4.69) is 6.92 Å². The van der Waals surface area contributed by atoms with Crippen LogP contribution in [0.5, 0.6) is 0 Å². The Balaban J connectivity index is 0. The largest absolute Gasteiger partial charge is 0.466 e. The quantitative estimate of drug-likeness (QED) is 0.608. The van der Waals surface area contributed by atoms with Crippen molar-refractivity contribution in [2.75, 3.05) is 6.61 Å². The third-order valence-electron chi connectivity index (χ3n) is 1.20. The van der Waals surface area contributed by atoms with Gasteiger partial charge < -0.3 is 4.74 Å². The summed E-state index contributed by atoms with van der Waals surface area (Å²) < 4.78 is 4.85. The van der Waals surface area contributed by atoms with Crippen LogP contribution in [0.25, 0.3) is 0 Å². The van der Waals surface area contributed by atoms with Gasteiger partial charge >= 0.3 is 5.97 Å². The molecule has 0 amide bonds. The Bertz CT molecular complexity index is 84.1. The molecule has 0 aromatic heterocycles. The first-order valence-corrected chi connectivity index (χ1v) is 3.96. The maximum Gasteiger partial charge on any atom is 0.305 e. The lowest BCUT2D eigenvalue weighted by Gasteiger charge is -2.00. The van der Waals surface area contributed by atoms with Gasteiger partial charge in [0, 0.05) is 6.42 Å². The van der Waals surface area contributed by atoms with Crippen LogP contribution in [-0.2, 0) is 9.53 Å². The fourth-order valence-electron chi connectivity index (χ4n) is 0.609. The molecule has 2 nitrogen and oxygen atoms in total. The number of hydrogen-bond donors (Lipinski definition) is 0. The highest BCUT2D eigenvalue weighted by Crippen LogP contribution is 1.96. The lowest BCUT2D eigenvalue weighted by Crippen LogP contribution is -2.04. The molecule has 0 unspecified atom stereocenters. The van der Waals surface area contributed by atoms with E-state index < -0.39 is 0 Å². The third kappa shape index (κ3) is 9.76. The molecule has 0 bridgehead atoms. The van der Waals surface area contributed by atoms with Gasteiger partial charge in [-0.25, -0.2) is 0 Å². The summed E-state index contributed by atoms with van der Waals surface area (Å²) >= 11 is 0. The molecule has 0 atom stereocenters. The van der Waals surface area contributed by atoms with Crippen LogP contribution in [-0.4, -0.2) is 12.6 Å². The van der Waals surface area contributed by atoms with Crippen molar-refractivity contribution in [3.63, 3.8) is 0 Å². The number of carbonyl (C=O) groups is 1. The molecule has 0 N–H and O–H groups in total. The van der Waals surface area contributed by atoms with Crippen molar-refractivity contribution in [1.29, 1.82) is 0 Å². The molecule has 68 valence electrons. The average molecular weight is 181 g/mol. The number of carbonyl (C=O) groups excluding carboxylic acids is 1. The van der Waals surface area contributed by atoms with Gasteiger partial charge in [0.2, 0.25) is 0 Å². The molecule has 0 aromatic carbocycles. The van der Waals surface area contributed by atoms with Gasteiger partial charge in [0.1, 0.15) is 0 Å². The number of ether oxygens (including phenoxy) is 1. The topological polar surface area (TPSA) is 26.3 Å². The van der Waals surface area contributed by atoms with Crippen LogP contribution < -0.4 is 0 Å². The molecule has 11 heavy (non-hydrogen) atoms. The Morgan fingerprint density at radius 1 is 1.27 bits per heavy atom. The number of esters is 1. The van der Waals surface area contributed by atoms with E-state index in [4.69, 9.17) is 4.74 Å². The van der Waals surface area contributed by atoms with Crippen molar-refractivity contribution in [1.82, 2.24) is 0 Å². The Labute approximate surface area is 74.7 Å². The van der Waals surface area contributed by atoms with Crippen molar-refractivity contribution in [3.8, 4) is 0 Å². The van der Waals surface area contributed by atoms with Crippen LogP contribution in [0.2, 0.25) is 0 Å². The third-order valence-corrected chi connectivity index (χ3v) is 1.20. The maximum absolute atomic E-state index is 10.7. The standard InChI is InChI=1S/C8H16O2.ClH/c1-3-5-6-8(9)10-7-4-2;/h3-7H2,1-2H3;1H. The SMILES string of the molecule is CCCCC(=O)OCCC.Cl. The Morgan fingerprint density at radius 3 is 2.36 bits per heavy atom. The second-order valence-corrected chi connectivity index (χ2v) is 2.32. The Kier molecular flexibility index (Phi) is 11.9. The summed E-state index contributed by atoms with van der Waals surface area (Å²) in [4.78, 5) is 10.7. The van der Waals surface area contributed by atoms with E-state index in [9.17, 15) is 4.79 Å². The van der Waals surface area contributed by atoms with Gasteiger partial charge in [0.25, 0.3) is 0 Å². The lowest BCUT2D eigenvalue weighted by molar-refractivity contribution is -0.143. The molecular weight excluding hydrogens is 164 g/mol. The first kappa shape index (κ1) is 13.4. The van der Waals surface area contributed by atoms with Crippen molar-refractivity contribution in [2.45, 2.75) is 39.5 Å². The number of unbranched alkanes of at least 4 members (excludes halogenated alkanes) is 1. The van der Waals surface area contributed by atoms with Gasteiger partial charge in [0.05, 0.1) is 6.61 Å². The van der Waals surface area contributed by atoms with Crippen LogP contribution in [0, 0.1) is 0 Å². The van der Waals surface area contributed by atoms with Crippen molar-refractivity contribution >= 4 is 18.4 Å². The monoisotopic (exact) mass is 180 g/mol. The predicted molar refractivity (Wildman–Crippen MR) is 48.0 cm³/mol. The minimum Gasteiger partial charge on any atom is -0.466 e. The molecule has 0 saturated carbocycles. The second kappa shape index (κ2) is 9.76. The van der Waals surface area contributed by atoms with E-state index in [1.54, 1.807) is 0 Å². The highest BCUT2D eigenvalue weighted by atomic mass is 35.5. The van der Waals surface area contributed by atoms with E-state index in [0.717, 1.165) is 19.3 Å². The summed E-state index contributed by atoms with van der Waals surface area (Å²) in [6.07, 6.45) is 3.50. The molecule has 0 aromatic rings. The van der Waals surface area contributed by atoms with Gasteiger partial charge in [-0.3, -0.25) is 4.79 Å². The highest BCUT2D eigenvalue weighted by molar-refractivity contribution is 5.85. The number of hydrogen-bond acceptors (Lipinski definition) is 2. The van der Waals surface area contributed by atoms with Crippen LogP contribution in [0.15, 0.2) is 0 Å². The fraction of sp³-hybridized carbons (Fsp3) is 0.875. The van der Waals surface area contributed by atoms with Gasteiger partial charge in [0.15, 0.2) is 0 Å². The Morgan fingerprint density at radius 2 is 1.91 bits per heavy atom. The summed E-state index contributed by atoms with van der Waals surface area (Å²) in [6, 6.07) is 0. The van der Waals surface area contributed by atoms with Crippen LogP contribution >= 0.6 is 12.4 Å². The molecule has 0 rings (SSSR count). The zero-order valence-electron chi connectivity index (χ0n) is 7.26. The molecule has 0 aliphatic heterocycles. The fourth-order valence-corrected chi connectivity index (χ4v) is 0.609. The van der Waals surface area contributed by atoms with Crippen molar-refractivity contribution in [3.05, 3.63) is 0 Å². The highest BCUT2D eigenvalue weighted by Gasteiger charge is 1.98. The van der Waals surface area contributed by atoms with E-state index >= 15 is 0 Å². The molecule has 0 aliphatic rings. The summed E-state index contributed by atoms with van der Waals surface area (Å²) in [5.74, 6) is -0.0521. The minimum absolute atomic E-state index is 0. The van der Waals surface area contributed by atoms with Gasteiger partial charge in [-0.05, 0) is 12.8 Å². The van der Waals surface area contributed by atoms with Gasteiger partial charge in [-0.15, -0.1) is 12.4 Å². The molecule has 0 spiro atoms. The van der Waals surface area contributed by atoms with E-state index in [0.29, 0.717) is 13.0 Å². The van der Waals surface area contributed by atoms with E-state index in [-0.39, 0.29) is 18.4 Å². The molecular formula is C8H17ClO2. The number of halogens is 1. The van der Waals surface area contributed by atoms with E-state index in [1.807, 2.05) is 6.92 Å². The van der Waals surface area contributed by atoms with Crippen molar-refractivity contribution in [2.24, 2.45) is 0 Å². The van der Waals surface area contributed by atoms with Gasteiger partial charge in [-0.1, -0.05) is 20.3 Å². The number of rotatable bonds is 5. The minimum atomic E-state index is -0.0521. The molecule has 0 heterocycles. The zero-order valence-corrected chi connectivity index (χ0v) is 8.08. The van der Waals surface area contributed by atoms with E-state index in [1.165, 1.54) is 0 Å². The summed E-state index contributed by atoms with van der Waals surface area (Å²) in [5.41, 5.74) is 0. The summed E-state index contributed by atoms with van der Waals surface area (Å²) in [5, 5.41) is 0. The van der Waals surface area contributed by atoms with Crippen LogP contribution in [0.1, 0.15) is 39.5 Å². The molecule has 3 heteroatoms. The molecule has 0 saturated heterocycles. The van der Waals surface area contributed by atoms with Gasteiger partial charge in [-0.2, -0.15) is 0 Å². The smallest absolute Gasteiger partial charge is 0.305 e. The molecule has 0 radical (unpaired) electrons. The zero-order chi connectivity index (χ0) is 7.82. The first-order valence-electron chi connectivity index (χ1n) is 3.96. The maximum atomic E-state index is 10.7. The second-order valence-electron chi connectivity index (χ2n) is 2.32. The Hall–Kier alpha value is -0.240.